The van der Waals surface area contributed by atoms with Crippen molar-refractivity contribution in [1.82, 2.24) is 14.5 Å². The number of pyridine rings is 1. The Morgan fingerprint density at radius 1 is 0.500 bits per heavy atom. The molecule has 236 valence electrons. The van der Waals surface area contributed by atoms with E-state index in [-0.39, 0.29) is 5.41 Å². The Kier molecular flexibility index (Phi) is 6.22. The van der Waals surface area contributed by atoms with Crippen molar-refractivity contribution < 1.29 is 0 Å². The summed E-state index contributed by atoms with van der Waals surface area (Å²) in [6, 6.07) is 58.6. The summed E-state index contributed by atoms with van der Waals surface area (Å²) in [5, 5.41) is 3.59. The average molecular weight is 640 g/mol. The van der Waals surface area contributed by atoms with Gasteiger partial charge in [-0.2, -0.15) is 0 Å². The maximum Gasteiger partial charge on any atom is 0.145 e. The Bertz CT molecular complexity index is 2750. The molecule has 0 unspecified atom stereocenters. The number of para-hydroxylation sites is 3. The molecule has 7 aromatic carbocycles. The second-order valence-corrected chi connectivity index (χ2v) is 13.8. The van der Waals surface area contributed by atoms with Crippen molar-refractivity contribution >= 4 is 32.7 Å². The highest BCUT2D eigenvalue weighted by molar-refractivity contribution is 6.13. The van der Waals surface area contributed by atoms with Crippen molar-refractivity contribution in [2.45, 2.75) is 19.3 Å². The van der Waals surface area contributed by atoms with Crippen LogP contribution in [0, 0.1) is 0 Å². The van der Waals surface area contributed by atoms with Crippen LogP contribution in [-0.2, 0) is 5.41 Å². The van der Waals surface area contributed by atoms with Gasteiger partial charge in [-0.15, -0.1) is 0 Å². The van der Waals surface area contributed by atoms with Gasteiger partial charge in [0.05, 0.1) is 22.2 Å². The molecule has 2 heterocycles. The van der Waals surface area contributed by atoms with Gasteiger partial charge in [-0.25, -0.2) is 9.97 Å². The van der Waals surface area contributed by atoms with Crippen molar-refractivity contribution in [3.05, 3.63) is 175 Å². The molecule has 1 aliphatic rings. The largest absolute Gasteiger partial charge is 0.292 e. The predicted molar refractivity (Wildman–Crippen MR) is 208 cm³/mol. The van der Waals surface area contributed by atoms with Gasteiger partial charge in [0.15, 0.2) is 0 Å². The number of imidazole rings is 1. The molecule has 0 spiro atoms. The van der Waals surface area contributed by atoms with E-state index >= 15 is 0 Å². The summed E-state index contributed by atoms with van der Waals surface area (Å²) in [6.45, 7) is 4.69. The quantitative estimate of drug-likeness (QED) is 0.179. The topological polar surface area (TPSA) is 30.7 Å². The first-order valence-electron chi connectivity index (χ1n) is 17.3. The van der Waals surface area contributed by atoms with E-state index in [1.54, 1.807) is 0 Å². The summed E-state index contributed by atoms with van der Waals surface area (Å²) in [5.74, 6) is 0.939. The lowest BCUT2D eigenvalue weighted by Gasteiger charge is -2.25. The molecule has 3 heteroatoms. The van der Waals surface area contributed by atoms with Crippen LogP contribution >= 0.6 is 0 Å². The van der Waals surface area contributed by atoms with Gasteiger partial charge in [0.2, 0.25) is 0 Å². The third-order valence-corrected chi connectivity index (χ3v) is 10.6. The van der Waals surface area contributed by atoms with E-state index in [1.807, 2.05) is 6.07 Å². The zero-order valence-corrected chi connectivity index (χ0v) is 27.9. The Morgan fingerprint density at radius 2 is 1.14 bits per heavy atom. The predicted octanol–water partition coefficient (Wildman–Crippen LogP) is 12.0. The molecule has 0 radical (unpaired) electrons. The molecule has 0 aliphatic heterocycles. The first-order valence-corrected chi connectivity index (χ1v) is 17.3. The molecule has 3 nitrogen and oxygen atoms in total. The average Bonchev–Trinajstić information content (AvgIpc) is 3.67. The van der Waals surface area contributed by atoms with E-state index in [4.69, 9.17) is 9.97 Å². The lowest BCUT2D eigenvalue weighted by Crippen LogP contribution is -2.16. The Balaban J connectivity index is 1.09. The minimum absolute atomic E-state index is 0.182. The Morgan fingerprint density at radius 3 is 1.94 bits per heavy atom. The van der Waals surface area contributed by atoms with E-state index in [0.29, 0.717) is 0 Å². The van der Waals surface area contributed by atoms with Crippen LogP contribution in [0.3, 0.4) is 0 Å². The summed E-state index contributed by atoms with van der Waals surface area (Å²) in [4.78, 5) is 10.5. The van der Waals surface area contributed by atoms with E-state index in [1.165, 1.54) is 55.1 Å². The minimum Gasteiger partial charge on any atom is -0.292 e. The van der Waals surface area contributed by atoms with Crippen LogP contribution in [0.15, 0.2) is 164 Å². The zero-order valence-electron chi connectivity index (χ0n) is 27.9. The highest BCUT2D eigenvalue weighted by atomic mass is 15.1. The summed E-state index contributed by atoms with van der Waals surface area (Å²) in [6.07, 6.45) is 0. The molecule has 0 atom stereocenters. The molecular weight excluding hydrogens is 607 g/mol. The standard InChI is InChI=1S/C47H33N3/c1-47(2)39-17-9-8-16-37(39)45-43(47)42(38-29-28-32-12-6-7-15-36(32)44(38)49-45)33-24-20-30(21-25-33)31-22-26-34(27-23-31)46-48-40-18-10-11-19-41(40)50(46)35-13-4-3-5-14-35/h3-29H,1-2H3. The van der Waals surface area contributed by atoms with Crippen molar-refractivity contribution in [3.8, 4) is 50.6 Å². The SMILES string of the molecule is CC1(C)c2ccccc2-c2nc3c(ccc4ccccc43)c(-c3ccc(-c4ccc(-c5nc6ccccc6n5-c5ccccc5)cc4)cc3)c21. The van der Waals surface area contributed by atoms with Gasteiger partial charge in [0.1, 0.15) is 5.82 Å². The Labute approximate surface area is 291 Å². The first kappa shape index (κ1) is 28.7. The lowest BCUT2D eigenvalue weighted by atomic mass is 9.78. The Hall–Kier alpha value is -6.32. The monoisotopic (exact) mass is 639 g/mol. The molecule has 0 N–H and O–H groups in total. The minimum atomic E-state index is -0.182. The number of fused-ring (bicyclic) bond motifs is 7. The van der Waals surface area contributed by atoms with Gasteiger partial charge in [-0.1, -0.05) is 153 Å². The second kappa shape index (κ2) is 10.8. The van der Waals surface area contributed by atoms with Crippen LogP contribution < -0.4 is 0 Å². The van der Waals surface area contributed by atoms with Crippen LogP contribution in [0.2, 0.25) is 0 Å². The molecule has 0 saturated heterocycles. The van der Waals surface area contributed by atoms with Crippen molar-refractivity contribution in [3.63, 3.8) is 0 Å². The number of rotatable bonds is 4. The fourth-order valence-electron chi connectivity index (χ4n) is 8.17. The van der Waals surface area contributed by atoms with Crippen molar-refractivity contribution in [1.29, 1.82) is 0 Å². The smallest absolute Gasteiger partial charge is 0.145 e. The molecule has 2 aromatic heterocycles. The van der Waals surface area contributed by atoms with E-state index in [9.17, 15) is 0 Å². The number of aromatic nitrogens is 3. The lowest BCUT2D eigenvalue weighted by molar-refractivity contribution is 0.662. The van der Waals surface area contributed by atoms with Crippen molar-refractivity contribution in [2.24, 2.45) is 0 Å². The third kappa shape index (κ3) is 4.23. The second-order valence-electron chi connectivity index (χ2n) is 13.8. The molecule has 9 aromatic rings. The first-order chi connectivity index (χ1) is 24.6. The molecule has 0 amide bonds. The fraction of sp³-hybridized carbons (Fsp3) is 0.0638. The van der Waals surface area contributed by atoms with E-state index in [0.717, 1.165) is 39.3 Å². The van der Waals surface area contributed by atoms with Gasteiger partial charge < -0.3 is 0 Å². The molecular formula is C47H33N3. The van der Waals surface area contributed by atoms with Crippen LogP contribution in [0.4, 0.5) is 0 Å². The van der Waals surface area contributed by atoms with Crippen LogP contribution in [0.5, 0.6) is 0 Å². The maximum absolute atomic E-state index is 5.44. The summed E-state index contributed by atoms with van der Waals surface area (Å²) < 4.78 is 2.25. The molecule has 0 bridgehead atoms. The molecule has 0 fully saturated rings. The molecule has 50 heavy (non-hydrogen) atoms. The van der Waals surface area contributed by atoms with E-state index in [2.05, 4.69) is 176 Å². The maximum atomic E-state index is 5.44. The van der Waals surface area contributed by atoms with E-state index < -0.39 is 0 Å². The fourth-order valence-corrected chi connectivity index (χ4v) is 8.17. The summed E-state index contributed by atoms with van der Waals surface area (Å²) in [5.41, 5.74) is 15.0. The number of benzene rings is 7. The normalized spacial score (nSPS) is 13.2. The highest BCUT2D eigenvalue weighted by Crippen LogP contribution is 2.53. The van der Waals surface area contributed by atoms with Gasteiger partial charge >= 0.3 is 0 Å². The summed E-state index contributed by atoms with van der Waals surface area (Å²) in [7, 11) is 0. The molecule has 0 saturated carbocycles. The van der Waals surface area contributed by atoms with Crippen LogP contribution in [0.25, 0.3) is 83.3 Å². The molecule has 1 aliphatic carbocycles. The van der Waals surface area contributed by atoms with Crippen LogP contribution in [-0.4, -0.2) is 14.5 Å². The van der Waals surface area contributed by atoms with Gasteiger partial charge in [-0.05, 0) is 63.0 Å². The van der Waals surface area contributed by atoms with Gasteiger partial charge in [0.25, 0.3) is 0 Å². The number of nitrogens with zero attached hydrogens (tertiary/aromatic N) is 3. The van der Waals surface area contributed by atoms with Crippen LogP contribution in [0.1, 0.15) is 25.0 Å². The number of hydrogen-bond acceptors (Lipinski definition) is 2. The summed E-state index contributed by atoms with van der Waals surface area (Å²) >= 11 is 0. The van der Waals surface area contributed by atoms with Crippen molar-refractivity contribution in [2.75, 3.05) is 0 Å². The zero-order chi connectivity index (χ0) is 33.4. The highest BCUT2D eigenvalue weighted by Gasteiger charge is 2.39. The molecule has 10 rings (SSSR count). The number of hydrogen-bond donors (Lipinski definition) is 0. The van der Waals surface area contributed by atoms with Gasteiger partial charge in [0, 0.05) is 33.0 Å². The third-order valence-electron chi connectivity index (χ3n) is 10.6. The van der Waals surface area contributed by atoms with Gasteiger partial charge in [-0.3, -0.25) is 4.57 Å².